The number of piperidine rings is 1. The molecule has 2 heterocycles. The first kappa shape index (κ1) is 14.2. The second-order valence-electron chi connectivity index (χ2n) is 9.89. The van der Waals surface area contributed by atoms with Crippen LogP contribution in [-0.4, -0.2) is 35.6 Å². The highest BCUT2D eigenvalue weighted by atomic mass is 16.1. The Morgan fingerprint density at radius 2 is 2.00 bits per heavy atom. The van der Waals surface area contributed by atoms with Gasteiger partial charge in [-0.05, 0) is 50.0 Å². The maximum absolute atomic E-state index is 14.0. The molecule has 2 saturated heterocycles. The fourth-order valence-electron chi connectivity index (χ4n) is 8.59. The maximum Gasteiger partial charge on any atom is 0.159 e. The molecule has 0 aromatic heterocycles. The third-order valence-electron chi connectivity index (χ3n) is 9.52. The van der Waals surface area contributed by atoms with Crippen molar-refractivity contribution in [3.05, 3.63) is 11.6 Å². The van der Waals surface area contributed by atoms with Crippen molar-refractivity contribution in [3.8, 4) is 0 Å². The lowest BCUT2D eigenvalue weighted by Crippen LogP contribution is -2.66. The van der Waals surface area contributed by atoms with Crippen LogP contribution in [0.25, 0.3) is 0 Å². The molecule has 5 fully saturated rings. The summed E-state index contributed by atoms with van der Waals surface area (Å²) in [7, 11) is 0. The van der Waals surface area contributed by atoms with Gasteiger partial charge in [0.05, 0.1) is 0 Å². The summed E-state index contributed by atoms with van der Waals surface area (Å²) in [6, 6.07) is 0.579. The predicted octanol–water partition coefficient (Wildman–Crippen LogP) is 2.85. The summed E-state index contributed by atoms with van der Waals surface area (Å²) < 4.78 is 0. The zero-order valence-electron chi connectivity index (χ0n) is 14.8. The van der Waals surface area contributed by atoms with Crippen LogP contribution >= 0.6 is 0 Å². The van der Waals surface area contributed by atoms with Crippen molar-refractivity contribution in [2.45, 2.75) is 52.0 Å². The van der Waals surface area contributed by atoms with Crippen LogP contribution in [0.1, 0.15) is 46.0 Å². The van der Waals surface area contributed by atoms with Gasteiger partial charge < -0.3 is 0 Å². The fourth-order valence-corrected chi connectivity index (χ4v) is 8.59. The SMILES string of the molecule is C[C@@H]1CN2C[C@H]3CCC4=CC(=O)[C@@H]5CC[C@@]6(C(=O)[C@@H]1C[C@@H]2[C@@]36C)[C@H]45. The molecule has 8 atom stereocenters. The van der Waals surface area contributed by atoms with Crippen LogP contribution in [0.2, 0.25) is 0 Å². The lowest BCUT2D eigenvalue weighted by Gasteiger charge is -2.60. The Labute approximate surface area is 143 Å². The van der Waals surface area contributed by atoms with Crippen molar-refractivity contribution in [2.24, 2.45) is 40.4 Å². The lowest BCUT2D eigenvalue weighted by molar-refractivity contribution is -0.167. The number of allylic oxidation sites excluding steroid dienone is 2. The van der Waals surface area contributed by atoms with Gasteiger partial charge in [0, 0.05) is 47.7 Å². The molecule has 3 saturated carbocycles. The van der Waals surface area contributed by atoms with Crippen molar-refractivity contribution in [1.82, 2.24) is 4.90 Å². The molecule has 1 spiro atoms. The monoisotopic (exact) mass is 325 g/mol. The molecule has 0 aromatic carbocycles. The van der Waals surface area contributed by atoms with Crippen molar-refractivity contribution in [2.75, 3.05) is 13.1 Å². The smallest absolute Gasteiger partial charge is 0.159 e. The van der Waals surface area contributed by atoms with Crippen LogP contribution in [-0.2, 0) is 9.59 Å². The molecule has 0 aromatic rings. The van der Waals surface area contributed by atoms with Gasteiger partial charge in [-0.2, -0.15) is 0 Å². The predicted molar refractivity (Wildman–Crippen MR) is 90.2 cm³/mol. The molecule has 0 radical (unpaired) electrons. The van der Waals surface area contributed by atoms with E-state index in [9.17, 15) is 9.59 Å². The molecule has 128 valence electrons. The minimum atomic E-state index is -0.228. The van der Waals surface area contributed by atoms with Gasteiger partial charge in [-0.1, -0.05) is 19.4 Å². The first-order valence-corrected chi connectivity index (χ1v) is 10.0. The summed E-state index contributed by atoms with van der Waals surface area (Å²) in [5.74, 6) is 2.64. The zero-order chi connectivity index (χ0) is 16.4. The second kappa shape index (κ2) is 4.06. The third-order valence-corrected chi connectivity index (χ3v) is 9.52. The zero-order valence-corrected chi connectivity index (χ0v) is 14.8. The van der Waals surface area contributed by atoms with Gasteiger partial charge in [-0.25, -0.2) is 0 Å². The molecule has 0 amide bonds. The number of rotatable bonds is 0. The summed E-state index contributed by atoms with van der Waals surface area (Å²) in [4.78, 5) is 29.3. The van der Waals surface area contributed by atoms with Gasteiger partial charge in [-0.3, -0.25) is 14.5 Å². The van der Waals surface area contributed by atoms with E-state index in [0.29, 0.717) is 29.4 Å². The minimum absolute atomic E-state index is 0.0976. The van der Waals surface area contributed by atoms with E-state index in [-0.39, 0.29) is 28.6 Å². The highest BCUT2D eigenvalue weighted by Crippen LogP contribution is 2.74. The standard InChI is InChI=1S/C21H27NO2/c1-11-9-22-10-13-4-3-12-7-16(23)14-5-6-21(18(12)14)19(24)15(11)8-17(22)20(13,21)2/h7,11,13-15,17-18H,3-6,8-10H2,1-2H3/t11-,13-,14+,15-,17-,18-,20-,21+/m1/s1. The van der Waals surface area contributed by atoms with Gasteiger partial charge >= 0.3 is 0 Å². The van der Waals surface area contributed by atoms with E-state index in [1.165, 1.54) is 18.5 Å². The van der Waals surface area contributed by atoms with Crippen LogP contribution in [0.4, 0.5) is 0 Å². The van der Waals surface area contributed by atoms with Crippen molar-refractivity contribution >= 4 is 11.6 Å². The van der Waals surface area contributed by atoms with E-state index in [4.69, 9.17) is 0 Å². The quantitative estimate of drug-likeness (QED) is 0.687. The highest BCUT2D eigenvalue weighted by molar-refractivity contribution is 6.00. The Hall–Kier alpha value is -0.960. The van der Waals surface area contributed by atoms with Crippen LogP contribution < -0.4 is 0 Å². The molecule has 0 unspecified atom stereocenters. The van der Waals surface area contributed by atoms with E-state index in [1.807, 2.05) is 6.08 Å². The Morgan fingerprint density at radius 1 is 1.17 bits per heavy atom. The van der Waals surface area contributed by atoms with Gasteiger partial charge in [0.25, 0.3) is 0 Å². The molecule has 2 bridgehead atoms. The van der Waals surface area contributed by atoms with Gasteiger partial charge in [0.2, 0.25) is 0 Å². The summed E-state index contributed by atoms with van der Waals surface area (Å²) in [5.41, 5.74) is 1.22. The fraction of sp³-hybridized carbons (Fsp3) is 0.810. The maximum atomic E-state index is 14.0. The molecule has 3 nitrogen and oxygen atoms in total. The average Bonchev–Trinajstić information content (AvgIpc) is 3.15. The minimum Gasteiger partial charge on any atom is -0.299 e. The molecule has 4 aliphatic carbocycles. The summed E-state index contributed by atoms with van der Waals surface area (Å²) >= 11 is 0. The lowest BCUT2D eigenvalue weighted by atomic mass is 9.44. The molecule has 2 aliphatic heterocycles. The number of Topliss-reactive ketones (excluding diaryl/α,β-unsaturated/α-hetero) is 1. The Kier molecular flexibility index (Phi) is 2.41. The van der Waals surface area contributed by atoms with E-state index in [1.54, 1.807) is 0 Å². The molecular weight excluding hydrogens is 298 g/mol. The molecule has 6 aliphatic rings. The number of hydrogen-bond acceptors (Lipinski definition) is 3. The van der Waals surface area contributed by atoms with E-state index in [0.717, 1.165) is 32.2 Å². The van der Waals surface area contributed by atoms with E-state index in [2.05, 4.69) is 18.7 Å². The van der Waals surface area contributed by atoms with Crippen LogP contribution in [0.3, 0.4) is 0 Å². The van der Waals surface area contributed by atoms with Gasteiger partial charge in [0.1, 0.15) is 5.78 Å². The number of nitrogens with zero attached hydrogens (tertiary/aromatic N) is 1. The van der Waals surface area contributed by atoms with E-state index >= 15 is 0 Å². The summed E-state index contributed by atoms with van der Waals surface area (Å²) in [5, 5.41) is 0. The third kappa shape index (κ3) is 1.23. The van der Waals surface area contributed by atoms with E-state index < -0.39 is 0 Å². The topological polar surface area (TPSA) is 37.4 Å². The number of carbonyl (C=O) groups excluding carboxylic acids is 2. The number of ketones is 2. The van der Waals surface area contributed by atoms with Crippen LogP contribution in [0.15, 0.2) is 11.6 Å². The molecule has 24 heavy (non-hydrogen) atoms. The van der Waals surface area contributed by atoms with Crippen LogP contribution in [0, 0.1) is 40.4 Å². The molecule has 6 rings (SSSR count). The normalized spacial score (nSPS) is 57.8. The molecule has 3 heteroatoms. The number of carbonyl (C=O) groups is 2. The number of hydrogen-bond donors (Lipinski definition) is 0. The summed E-state index contributed by atoms with van der Waals surface area (Å²) in [6.07, 6.45) is 7.21. The largest absolute Gasteiger partial charge is 0.299 e. The van der Waals surface area contributed by atoms with Crippen LogP contribution in [0.5, 0.6) is 0 Å². The average molecular weight is 325 g/mol. The Bertz CT molecular complexity index is 711. The summed E-state index contributed by atoms with van der Waals surface area (Å²) in [6.45, 7) is 7.04. The second-order valence-corrected chi connectivity index (χ2v) is 9.89. The first-order chi connectivity index (χ1) is 11.5. The molecular formula is C21H27NO2. The van der Waals surface area contributed by atoms with Crippen molar-refractivity contribution < 1.29 is 9.59 Å². The Balaban J connectivity index is 1.64. The Morgan fingerprint density at radius 3 is 2.83 bits per heavy atom. The highest BCUT2D eigenvalue weighted by Gasteiger charge is 2.76. The van der Waals surface area contributed by atoms with Crippen molar-refractivity contribution in [3.63, 3.8) is 0 Å². The molecule has 0 N–H and O–H groups in total. The van der Waals surface area contributed by atoms with Gasteiger partial charge in [-0.15, -0.1) is 0 Å². The van der Waals surface area contributed by atoms with Gasteiger partial charge in [0.15, 0.2) is 5.78 Å². The first-order valence-electron chi connectivity index (χ1n) is 10.0. The van der Waals surface area contributed by atoms with Crippen molar-refractivity contribution in [1.29, 1.82) is 0 Å². The number of fused-ring (bicyclic) bond motifs is 1.